The van der Waals surface area contributed by atoms with Gasteiger partial charge in [0.2, 0.25) is 0 Å². The molecule has 0 saturated carbocycles. The molecule has 2 rings (SSSR count). The summed E-state index contributed by atoms with van der Waals surface area (Å²) < 4.78 is 13.0. The molecular formula is C12H17FN2. The molecule has 1 saturated heterocycles. The van der Waals surface area contributed by atoms with Gasteiger partial charge in [-0.25, -0.2) is 4.39 Å². The van der Waals surface area contributed by atoms with Crippen LogP contribution in [0.1, 0.15) is 12.5 Å². The molecule has 0 aliphatic carbocycles. The molecule has 1 aliphatic rings. The molecule has 1 aromatic rings. The van der Waals surface area contributed by atoms with Gasteiger partial charge >= 0.3 is 0 Å². The highest BCUT2D eigenvalue weighted by atomic mass is 19.1. The monoisotopic (exact) mass is 208 g/mol. The van der Waals surface area contributed by atoms with E-state index in [2.05, 4.69) is 17.1 Å². The molecule has 1 N–H and O–H groups in total. The van der Waals surface area contributed by atoms with Gasteiger partial charge in [0, 0.05) is 32.2 Å². The Bertz CT molecular complexity index is 327. The van der Waals surface area contributed by atoms with Gasteiger partial charge in [-0.15, -0.1) is 0 Å². The number of rotatable bonds is 2. The summed E-state index contributed by atoms with van der Waals surface area (Å²) in [6.07, 6.45) is 0. The fourth-order valence-electron chi connectivity index (χ4n) is 1.99. The highest BCUT2D eigenvalue weighted by Crippen LogP contribution is 2.11. The maximum atomic E-state index is 13.0. The number of benzene rings is 1. The van der Waals surface area contributed by atoms with Gasteiger partial charge in [0.15, 0.2) is 0 Å². The Hall–Kier alpha value is -0.930. The molecule has 82 valence electrons. The molecule has 1 aliphatic heterocycles. The molecule has 0 spiro atoms. The first-order chi connectivity index (χ1) is 7.25. The largest absolute Gasteiger partial charge is 0.314 e. The lowest BCUT2D eigenvalue weighted by Crippen LogP contribution is -2.49. The molecule has 2 nitrogen and oxygen atoms in total. The predicted molar refractivity (Wildman–Crippen MR) is 59.1 cm³/mol. The zero-order valence-electron chi connectivity index (χ0n) is 9.04. The van der Waals surface area contributed by atoms with Crippen LogP contribution in [-0.4, -0.2) is 30.6 Å². The Morgan fingerprint density at radius 2 is 2.40 bits per heavy atom. The molecule has 0 radical (unpaired) electrons. The molecule has 3 heteroatoms. The first-order valence-electron chi connectivity index (χ1n) is 5.45. The summed E-state index contributed by atoms with van der Waals surface area (Å²) >= 11 is 0. The third kappa shape index (κ3) is 2.76. The summed E-state index contributed by atoms with van der Waals surface area (Å²) in [5.41, 5.74) is 1.06. The summed E-state index contributed by atoms with van der Waals surface area (Å²) in [5, 5.41) is 3.35. The van der Waals surface area contributed by atoms with Crippen molar-refractivity contribution in [2.75, 3.05) is 19.6 Å². The van der Waals surface area contributed by atoms with Gasteiger partial charge < -0.3 is 5.32 Å². The molecule has 0 bridgehead atoms. The summed E-state index contributed by atoms with van der Waals surface area (Å²) in [7, 11) is 0. The summed E-state index contributed by atoms with van der Waals surface area (Å²) in [4.78, 5) is 2.38. The Balaban J connectivity index is 2.01. The van der Waals surface area contributed by atoms with Crippen molar-refractivity contribution in [3.8, 4) is 0 Å². The van der Waals surface area contributed by atoms with Crippen LogP contribution in [0.15, 0.2) is 24.3 Å². The number of nitrogens with one attached hydrogen (secondary N) is 1. The van der Waals surface area contributed by atoms with E-state index in [1.54, 1.807) is 12.1 Å². The Morgan fingerprint density at radius 3 is 3.13 bits per heavy atom. The van der Waals surface area contributed by atoms with E-state index >= 15 is 0 Å². The zero-order valence-corrected chi connectivity index (χ0v) is 9.04. The number of piperazine rings is 1. The maximum absolute atomic E-state index is 13.0. The van der Waals surface area contributed by atoms with Crippen molar-refractivity contribution in [1.82, 2.24) is 10.2 Å². The van der Waals surface area contributed by atoms with Crippen molar-refractivity contribution in [2.45, 2.75) is 19.5 Å². The number of hydrogen-bond acceptors (Lipinski definition) is 2. The lowest BCUT2D eigenvalue weighted by molar-refractivity contribution is 0.165. The molecule has 1 atom stereocenters. The molecule has 1 fully saturated rings. The van der Waals surface area contributed by atoms with Crippen molar-refractivity contribution in [1.29, 1.82) is 0 Å². The number of hydrogen-bond donors (Lipinski definition) is 1. The van der Waals surface area contributed by atoms with Gasteiger partial charge in [-0.2, -0.15) is 0 Å². The average Bonchev–Trinajstić information content (AvgIpc) is 2.22. The Morgan fingerprint density at radius 1 is 1.53 bits per heavy atom. The van der Waals surface area contributed by atoms with Gasteiger partial charge in [-0.3, -0.25) is 4.90 Å². The third-order valence-electron chi connectivity index (χ3n) is 2.91. The van der Waals surface area contributed by atoms with Crippen molar-refractivity contribution >= 4 is 0 Å². The standard InChI is InChI=1S/C12H17FN2/c1-10-8-14-5-6-15(10)9-11-3-2-4-12(13)7-11/h2-4,7,10,14H,5-6,8-9H2,1H3/t10-/m1/s1. The van der Waals surface area contributed by atoms with Crippen molar-refractivity contribution in [2.24, 2.45) is 0 Å². The molecule has 1 aromatic carbocycles. The van der Waals surface area contributed by atoms with Crippen molar-refractivity contribution < 1.29 is 4.39 Å². The van der Waals surface area contributed by atoms with Crippen LogP contribution in [0.2, 0.25) is 0 Å². The highest BCUT2D eigenvalue weighted by Gasteiger charge is 2.17. The first kappa shape index (κ1) is 10.6. The molecule has 0 amide bonds. The highest BCUT2D eigenvalue weighted by molar-refractivity contribution is 5.16. The van der Waals surface area contributed by atoms with E-state index in [-0.39, 0.29) is 5.82 Å². The van der Waals surface area contributed by atoms with Crippen LogP contribution in [0.4, 0.5) is 4.39 Å². The van der Waals surface area contributed by atoms with Crippen LogP contribution < -0.4 is 5.32 Å². The fraction of sp³-hybridized carbons (Fsp3) is 0.500. The summed E-state index contributed by atoms with van der Waals surface area (Å²) in [6.45, 7) is 6.14. The van der Waals surface area contributed by atoms with E-state index in [0.717, 1.165) is 31.7 Å². The third-order valence-corrected chi connectivity index (χ3v) is 2.91. The summed E-state index contributed by atoms with van der Waals surface area (Å²) in [5.74, 6) is -0.143. The van der Waals surface area contributed by atoms with Crippen LogP contribution in [0.25, 0.3) is 0 Å². The first-order valence-corrected chi connectivity index (χ1v) is 5.45. The summed E-state index contributed by atoms with van der Waals surface area (Å²) in [6, 6.07) is 7.40. The minimum absolute atomic E-state index is 0.143. The van der Waals surface area contributed by atoms with E-state index in [9.17, 15) is 4.39 Å². The molecular weight excluding hydrogens is 191 g/mol. The second-order valence-corrected chi connectivity index (χ2v) is 4.15. The average molecular weight is 208 g/mol. The van der Waals surface area contributed by atoms with Gasteiger partial charge in [0.1, 0.15) is 5.82 Å². The minimum Gasteiger partial charge on any atom is -0.314 e. The van der Waals surface area contributed by atoms with E-state index in [1.807, 2.05) is 6.07 Å². The fourth-order valence-corrected chi connectivity index (χ4v) is 1.99. The molecule has 0 unspecified atom stereocenters. The minimum atomic E-state index is -0.143. The van der Waals surface area contributed by atoms with Crippen molar-refractivity contribution in [3.05, 3.63) is 35.6 Å². The molecule has 0 aromatic heterocycles. The van der Waals surface area contributed by atoms with Crippen LogP contribution >= 0.6 is 0 Å². The predicted octanol–water partition coefficient (Wildman–Crippen LogP) is 1.62. The molecule has 15 heavy (non-hydrogen) atoms. The van der Waals surface area contributed by atoms with Crippen LogP contribution in [0.5, 0.6) is 0 Å². The van der Waals surface area contributed by atoms with E-state index < -0.39 is 0 Å². The lowest BCUT2D eigenvalue weighted by atomic mass is 10.1. The van der Waals surface area contributed by atoms with Crippen LogP contribution in [0, 0.1) is 5.82 Å². The smallest absolute Gasteiger partial charge is 0.123 e. The van der Waals surface area contributed by atoms with E-state index in [1.165, 1.54) is 6.07 Å². The molecule has 1 heterocycles. The van der Waals surface area contributed by atoms with Gasteiger partial charge in [-0.1, -0.05) is 12.1 Å². The zero-order chi connectivity index (χ0) is 10.7. The number of nitrogens with zero attached hydrogens (tertiary/aromatic N) is 1. The number of halogens is 1. The maximum Gasteiger partial charge on any atom is 0.123 e. The quantitative estimate of drug-likeness (QED) is 0.794. The van der Waals surface area contributed by atoms with Gasteiger partial charge in [0.05, 0.1) is 0 Å². The Labute approximate surface area is 90.1 Å². The second kappa shape index (κ2) is 4.73. The topological polar surface area (TPSA) is 15.3 Å². The van der Waals surface area contributed by atoms with Gasteiger partial charge in [-0.05, 0) is 24.6 Å². The van der Waals surface area contributed by atoms with Crippen LogP contribution in [0.3, 0.4) is 0 Å². The SMILES string of the molecule is C[C@@H]1CNCCN1Cc1cccc(F)c1. The van der Waals surface area contributed by atoms with Crippen molar-refractivity contribution in [3.63, 3.8) is 0 Å². The second-order valence-electron chi connectivity index (χ2n) is 4.15. The van der Waals surface area contributed by atoms with E-state index in [4.69, 9.17) is 0 Å². The lowest BCUT2D eigenvalue weighted by Gasteiger charge is -2.33. The van der Waals surface area contributed by atoms with E-state index in [0.29, 0.717) is 6.04 Å². The Kier molecular flexibility index (Phi) is 3.34. The normalized spacial score (nSPS) is 22.9. The van der Waals surface area contributed by atoms with Crippen LogP contribution in [-0.2, 0) is 6.54 Å². The van der Waals surface area contributed by atoms with Gasteiger partial charge in [0.25, 0.3) is 0 Å².